The third kappa shape index (κ3) is 2.88. The van der Waals surface area contributed by atoms with Crippen molar-refractivity contribution in [3.8, 4) is 0 Å². The molecule has 92 valence electrons. The molecule has 1 unspecified atom stereocenters. The van der Waals surface area contributed by atoms with E-state index in [-0.39, 0.29) is 6.03 Å². The molecule has 0 aromatic heterocycles. The van der Waals surface area contributed by atoms with Crippen LogP contribution in [-0.2, 0) is 0 Å². The third-order valence-electron chi connectivity index (χ3n) is 3.54. The van der Waals surface area contributed by atoms with Crippen LogP contribution in [0.15, 0.2) is 0 Å². The smallest absolute Gasteiger partial charge is 0.317 e. The van der Waals surface area contributed by atoms with E-state index in [0.29, 0.717) is 12.1 Å². The maximum absolute atomic E-state index is 12.1. The van der Waals surface area contributed by atoms with Gasteiger partial charge < -0.3 is 15.1 Å². The fourth-order valence-electron chi connectivity index (χ4n) is 2.35. The van der Waals surface area contributed by atoms with Crippen molar-refractivity contribution in [2.24, 2.45) is 0 Å². The molecule has 2 rings (SSSR count). The number of nitrogens with zero attached hydrogens (tertiary/aromatic N) is 2. The molecule has 1 atom stereocenters. The lowest BCUT2D eigenvalue weighted by Gasteiger charge is -2.30. The van der Waals surface area contributed by atoms with Crippen LogP contribution in [0.2, 0.25) is 0 Å². The number of hydrogen-bond donors (Lipinski definition) is 1. The topological polar surface area (TPSA) is 35.6 Å². The molecule has 4 nitrogen and oxygen atoms in total. The first kappa shape index (κ1) is 11.7. The molecule has 0 radical (unpaired) electrons. The molecule has 1 aliphatic heterocycles. The minimum absolute atomic E-state index is 0.157. The van der Waals surface area contributed by atoms with Crippen molar-refractivity contribution < 1.29 is 4.79 Å². The molecular weight excluding hydrogens is 202 g/mol. The predicted octanol–water partition coefficient (Wildman–Crippen LogP) is 1.27. The quantitative estimate of drug-likeness (QED) is 0.768. The maximum Gasteiger partial charge on any atom is 0.317 e. The Hall–Kier alpha value is -0.770. The van der Waals surface area contributed by atoms with Gasteiger partial charge >= 0.3 is 6.03 Å². The van der Waals surface area contributed by atoms with E-state index in [1.807, 2.05) is 4.90 Å². The average Bonchev–Trinajstić information content (AvgIpc) is 3.05. The first-order chi connectivity index (χ1) is 7.70. The van der Waals surface area contributed by atoms with Crippen molar-refractivity contribution >= 4 is 6.03 Å². The molecule has 1 N–H and O–H groups in total. The van der Waals surface area contributed by atoms with E-state index in [2.05, 4.69) is 24.2 Å². The van der Waals surface area contributed by atoms with Crippen molar-refractivity contribution in [2.75, 3.05) is 26.7 Å². The van der Waals surface area contributed by atoms with E-state index < -0.39 is 0 Å². The SMILES string of the molecule is CCC1CN(C)CCCN1C(=O)NC1CC1. The summed E-state index contributed by atoms with van der Waals surface area (Å²) in [5.74, 6) is 0. The van der Waals surface area contributed by atoms with Gasteiger partial charge in [0.15, 0.2) is 0 Å². The second kappa shape index (κ2) is 5.04. The minimum atomic E-state index is 0.157. The van der Waals surface area contributed by atoms with E-state index in [0.717, 1.165) is 45.3 Å². The highest BCUT2D eigenvalue weighted by Crippen LogP contribution is 2.20. The van der Waals surface area contributed by atoms with Gasteiger partial charge in [-0.1, -0.05) is 6.92 Å². The molecule has 1 heterocycles. The second-order valence-corrected chi connectivity index (χ2v) is 5.10. The summed E-state index contributed by atoms with van der Waals surface area (Å²) in [5, 5.41) is 3.10. The standard InChI is InChI=1S/C12H23N3O/c1-3-11-9-14(2)7-4-8-15(11)12(16)13-10-5-6-10/h10-11H,3-9H2,1-2H3,(H,13,16). The fourth-order valence-corrected chi connectivity index (χ4v) is 2.35. The molecule has 0 bridgehead atoms. The summed E-state index contributed by atoms with van der Waals surface area (Å²) in [4.78, 5) is 16.4. The summed E-state index contributed by atoms with van der Waals surface area (Å²) in [6.45, 7) is 5.18. The summed E-state index contributed by atoms with van der Waals surface area (Å²) < 4.78 is 0. The summed E-state index contributed by atoms with van der Waals surface area (Å²) in [7, 11) is 2.14. The number of amides is 2. The number of rotatable bonds is 2. The highest BCUT2D eigenvalue weighted by molar-refractivity contribution is 5.75. The normalized spacial score (nSPS) is 27.6. The van der Waals surface area contributed by atoms with Crippen LogP contribution in [0, 0.1) is 0 Å². The van der Waals surface area contributed by atoms with E-state index >= 15 is 0 Å². The lowest BCUT2D eigenvalue weighted by Crippen LogP contribution is -2.48. The number of nitrogens with one attached hydrogen (secondary N) is 1. The van der Waals surface area contributed by atoms with Crippen LogP contribution < -0.4 is 5.32 Å². The van der Waals surface area contributed by atoms with Gasteiger partial charge in [0, 0.05) is 25.2 Å². The Morgan fingerprint density at radius 3 is 2.75 bits per heavy atom. The van der Waals surface area contributed by atoms with Gasteiger partial charge in [0.05, 0.1) is 0 Å². The van der Waals surface area contributed by atoms with Gasteiger partial charge in [-0.25, -0.2) is 4.79 Å². The van der Waals surface area contributed by atoms with Crippen LogP contribution in [0.3, 0.4) is 0 Å². The van der Waals surface area contributed by atoms with Crippen molar-refractivity contribution in [2.45, 2.75) is 44.7 Å². The molecule has 0 spiro atoms. The minimum Gasteiger partial charge on any atom is -0.335 e. The highest BCUT2D eigenvalue weighted by atomic mass is 16.2. The van der Waals surface area contributed by atoms with Crippen molar-refractivity contribution in [1.82, 2.24) is 15.1 Å². The van der Waals surface area contributed by atoms with Crippen molar-refractivity contribution in [3.63, 3.8) is 0 Å². The Balaban J connectivity index is 1.94. The molecule has 4 heteroatoms. The van der Waals surface area contributed by atoms with E-state index in [4.69, 9.17) is 0 Å². The van der Waals surface area contributed by atoms with Crippen LogP contribution >= 0.6 is 0 Å². The van der Waals surface area contributed by atoms with Crippen LogP contribution in [0.1, 0.15) is 32.6 Å². The van der Waals surface area contributed by atoms with E-state index in [1.54, 1.807) is 0 Å². The highest BCUT2D eigenvalue weighted by Gasteiger charge is 2.30. The van der Waals surface area contributed by atoms with Gasteiger partial charge in [0.1, 0.15) is 0 Å². The summed E-state index contributed by atoms with van der Waals surface area (Å²) >= 11 is 0. The summed E-state index contributed by atoms with van der Waals surface area (Å²) in [6.07, 6.45) is 4.46. The predicted molar refractivity (Wildman–Crippen MR) is 64.5 cm³/mol. The number of likely N-dealkylation sites (N-methyl/N-ethyl adjacent to an activating group) is 1. The Bertz CT molecular complexity index is 253. The zero-order valence-corrected chi connectivity index (χ0v) is 10.4. The zero-order chi connectivity index (χ0) is 11.5. The zero-order valence-electron chi connectivity index (χ0n) is 10.4. The van der Waals surface area contributed by atoms with Gasteiger partial charge in [0.2, 0.25) is 0 Å². The van der Waals surface area contributed by atoms with Gasteiger partial charge in [-0.2, -0.15) is 0 Å². The molecule has 2 aliphatic rings. The summed E-state index contributed by atoms with van der Waals surface area (Å²) in [5.41, 5.74) is 0. The Labute approximate surface area is 98.0 Å². The summed E-state index contributed by atoms with van der Waals surface area (Å²) in [6, 6.07) is 1.00. The Morgan fingerprint density at radius 2 is 2.12 bits per heavy atom. The molecule has 0 aromatic carbocycles. The van der Waals surface area contributed by atoms with Gasteiger partial charge in [-0.3, -0.25) is 0 Å². The largest absolute Gasteiger partial charge is 0.335 e. The molecule has 0 aromatic rings. The molecule has 1 saturated heterocycles. The number of carbonyl (C=O) groups excluding carboxylic acids is 1. The van der Waals surface area contributed by atoms with E-state index in [1.165, 1.54) is 0 Å². The first-order valence-corrected chi connectivity index (χ1v) is 6.46. The van der Waals surface area contributed by atoms with Crippen molar-refractivity contribution in [1.29, 1.82) is 0 Å². The second-order valence-electron chi connectivity index (χ2n) is 5.10. The van der Waals surface area contributed by atoms with Crippen LogP contribution in [0.4, 0.5) is 4.79 Å². The Morgan fingerprint density at radius 1 is 1.38 bits per heavy atom. The lowest BCUT2D eigenvalue weighted by atomic mass is 10.2. The average molecular weight is 225 g/mol. The number of hydrogen-bond acceptors (Lipinski definition) is 2. The molecular formula is C12H23N3O. The van der Waals surface area contributed by atoms with Gasteiger partial charge in [0.25, 0.3) is 0 Å². The molecule has 1 aliphatic carbocycles. The van der Waals surface area contributed by atoms with Crippen LogP contribution in [0.5, 0.6) is 0 Å². The first-order valence-electron chi connectivity index (χ1n) is 6.46. The van der Waals surface area contributed by atoms with Crippen LogP contribution in [-0.4, -0.2) is 54.6 Å². The lowest BCUT2D eigenvalue weighted by molar-refractivity contribution is 0.169. The Kier molecular flexibility index (Phi) is 3.69. The maximum atomic E-state index is 12.1. The molecule has 2 amide bonds. The molecule has 2 fully saturated rings. The molecule has 1 saturated carbocycles. The fraction of sp³-hybridized carbons (Fsp3) is 0.917. The number of urea groups is 1. The monoisotopic (exact) mass is 225 g/mol. The third-order valence-corrected chi connectivity index (χ3v) is 3.54. The number of carbonyl (C=O) groups is 1. The van der Waals surface area contributed by atoms with Crippen LogP contribution in [0.25, 0.3) is 0 Å². The molecule has 16 heavy (non-hydrogen) atoms. The van der Waals surface area contributed by atoms with Gasteiger partial charge in [-0.15, -0.1) is 0 Å². The van der Waals surface area contributed by atoms with Crippen molar-refractivity contribution in [3.05, 3.63) is 0 Å². The van der Waals surface area contributed by atoms with E-state index in [9.17, 15) is 4.79 Å². The van der Waals surface area contributed by atoms with Gasteiger partial charge in [-0.05, 0) is 39.3 Å².